The molecular formula is C19H23NO. The van der Waals surface area contributed by atoms with Crippen molar-refractivity contribution in [3.63, 3.8) is 0 Å². The summed E-state index contributed by atoms with van der Waals surface area (Å²) < 4.78 is 5.75. The fourth-order valence-corrected chi connectivity index (χ4v) is 1.94. The average molecular weight is 281 g/mol. The van der Waals surface area contributed by atoms with Gasteiger partial charge in [0.05, 0.1) is 0 Å². The van der Waals surface area contributed by atoms with E-state index in [1.165, 1.54) is 11.1 Å². The van der Waals surface area contributed by atoms with Gasteiger partial charge in [0.15, 0.2) is 0 Å². The van der Waals surface area contributed by atoms with Crippen molar-refractivity contribution in [3.05, 3.63) is 71.8 Å². The third-order valence-corrected chi connectivity index (χ3v) is 3.22. The summed E-state index contributed by atoms with van der Waals surface area (Å²) in [5.41, 5.74) is 2.47. The fourth-order valence-electron chi connectivity index (χ4n) is 1.94. The number of ether oxygens (including phenoxy) is 1. The molecule has 2 heteroatoms. The number of benzene rings is 2. The molecule has 0 bridgehead atoms. The third-order valence-electron chi connectivity index (χ3n) is 3.22. The minimum atomic E-state index is 0.312. The van der Waals surface area contributed by atoms with Gasteiger partial charge in [-0.3, -0.25) is 0 Å². The van der Waals surface area contributed by atoms with E-state index in [9.17, 15) is 0 Å². The molecule has 0 aliphatic heterocycles. The summed E-state index contributed by atoms with van der Waals surface area (Å²) in [5.74, 6) is 0.925. The van der Waals surface area contributed by atoms with Gasteiger partial charge < -0.3 is 10.1 Å². The molecule has 2 nitrogen and oxygen atoms in total. The zero-order valence-electron chi connectivity index (χ0n) is 12.8. The number of hydrogen-bond donors (Lipinski definition) is 1. The molecule has 0 saturated heterocycles. The standard InChI is InChI=1S/C19H23NO/c1-16-10-12-19(13-11-16)21-15-17(2)20-14-6-9-18-7-4-3-5-8-18/h3-13,17,20H,14-15H2,1-2H3. The Balaban J connectivity index is 1.66. The van der Waals surface area contributed by atoms with Gasteiger partial charge in [-0.2, -0.15) is 0 Å². The minimum absolute atomic E-state index is 0.312. The van der Waals surface area contributed by atoms with Crippen molar-refractivity contribution >= 4 is 6.08 Å². The highest BCUT2D eigenvalue weighted by Gasteiger charge is 2.01. The van der Waals surface area contributed by atoms with Crippen molar-refractivity contribution in [2.75, 3.05) is 13.2 Å². The molecule has 2 rings (SSSR count). The molecule has 0 spiro atoms. The van der Waals surface area contributed by atoms with Crippen LogP contribution in [0.4, 0.5) is 0 Å². The van der Waals surface area contributed by atoms with Crippen molar-refractivity contribution in [1.29, 1.82) is 0 Å². The molecule has 0 aliphatic rings. The maximum atomic E-state index is 5.75. The van der Waals surface area contributed by atoms with Gasteiger partial charge in [-0.25, -0.2) is 0 Å². The van der Waals surface area contributed by atoms with Crippen LogP contribution < -0.4 is 10.1 Å². The van der Waals surface area contributed by atoms with Gasteiger partial charge in [0.1, 0.15) is 12.4 Å². The van der Waals surface area contributed by atoms with Crippen LogP contribution in [0.25, 0.3) is 6.08 Å². The van der Waals surface area contributed by atoms with Gasteiger partial charge in [-0.1, -0.05) is 60.2 Å². The zero-order chi connectivity index (χ0) is 14.9. The van der Waals surface area contributed by atoms with Crippen LogP contribution in [0, 0.1) is 6.92 Å². The lowest BCUT2D eigenvalue weighted by Crippen LogP contribution is -2.31. The molecule has 1 atom stereocenters. The Morgan fingerprint density at radius 2 is 1.76 bits per heavy atom. The summed E-state index contributed by atoms with van der Waals surface area (Å²) >= 11 is 0. The van der Waals surface area contributed by atoms with Crippen molar-refractivity contribution < 1.29 is 4.74 Å². The molecule has 0 heterocycles. The summed E-state index contributed by atoms with van der Waals surface area (Å²) in [4.78, 5) is 0. The number of nitrogens with one attached hydrogen (secondary N) is 1. The second-order valence-corrected chi connectivity index (χ2v) is 5.25. The van der Waals surface area contributed by atoms with Crippen molar-refractivity contribution in [1.82, 2.24) is 5.32 Å². The molecule has 0 aliphatic carbocycles. The highest BCUT2D eigenvalue weighted by atomic mass is 16.5. The van der Waals surface area contributed by atoms with Crippen LogP contribution in [-0.4, -0.2) is 19.2 Å². The molecule has 2 aromatic carbocycles. The Morgan fingerprint density at radius 1 is 1.05 bits per heavy atom. The number of aryl methyl sites for hydroxylation is 1. The maximum Gasteiger partial charge on any atom is 0.119 e. The highest BCUT2D eigenvalue weighted by Crippen LogP contribution is 2.11. The first-order chi connectivity index (χ1) is 10.2. The van der Waals surface area contributed by atoms with Crippen LogP contribution >= 0.6 is 0 Å². The first-order valence-corrected chi connectivity index (χ1v) is 7.38. The van der Waals surface area contributed by atoms with E-state index in [2.05, 4.69) is 55.6 Å². The molecule has 0 radical (unpaired) electrons. The number of hydrogen-bond acceptors (Lipinski definition) is 2. The monoisotopic (exact) mass is 281 g/mol. The van der Waals surface area contributed by atoms with E-state index in [0.29, 0.717) is 12.6 Å². The summed E-state index contributed by atoms with van der Waals surface area (Å²) in [6.45, 7) is 5.72. The van der Waals surface area contributed by atoms with Gasteiger partial charge in [-0.15, -0.1) is 0 Å². The minimum Gasteiger partial charge on any atom is -0.492 e. The van der Waals surface area contributed by atoms with Crippen LogP contribution in [0.2, 0.25) is 0 Å². The summed E-state index contributed by atoms with van der Waals surface area (Å²) in [6.07, 6.45) is 4.26. The van der Waals surface area contributed by atoms with Crippen molar-refractivity contribution in [2.24, 2.45) is 0 Å². The molecule has 0 aromatic heterocycles. The molecule has 110 valence electrons. The fraction of sp³-hybridized carbons (Fsp3) is 0.263. The van der Waals surface area contributed by atoms with Gasteiger partial charge in [-0.05, 0) is 31.5 Å². The zero-order valence-corrected chi connectivity index (χ0v) is 12.8. The Kier molecular flexibility index (Phi) is 6.04. The van der Waals surface area contributed by atoms with Crippen molar-refractivity contribution in [3.8, 4) is 5.75 Å². The first-order valence-electron chi connectivity index (χ1n) is 7.38. The van der Waals surface area contributed by atoms with Gasteiger partial charge >= 0.3 is 0 Å². The average Bonchev–Trinajstić information content (AvgIpc) is 2.52. The van der Waals surface area contributed by atoms with Gasteiger partial charge in [0.25, 0.3) is 0 Å². The number of rotatable bonds is 7. The Hall–Kier alpha value is -2.06. The summed E-state index contributed by atoms with van der Waals surface area (Å²) in [6, 6.07) is 18.8. The largest absolute Gasteiger partial charge is 0.492 e. The van der Waals surface area contributed by atoms with E-state index < -0.39 is 0 Å². The van der Waals surface area contributed by atoms with E-state index >= 15 is 0 Å². The second-order valence-electron chi connectivity index (χ2n) is 5.25. The lowest BCUT2D eigenvalue weighted by Gasteiger charge is -2.14. The molecule has 1 N–H and O–H groups in total. The quantitative estimate of drug-likeness (QED) is 0.826. The van der Waals surface area contributed by atoms with Gasteiger partial charge in [0.2, 0.25) is 0 Å². The second kappa shape index (κ2) is 8.28. The Morgan fingerprint density at radius 3 is 2.48 bits per heavy atom. The van der Waals surface area contributed by atoms with Crippen LogP contribution in [0.1, 0.15) is 18.1 Å². The Labute approximate surface area is 127 Å². The molecular weight excluding hydrogens is 258 g/mol. The SMILES string of the molecule is Cc1ccc(OCC(C)NCC=Cc2ccccc2)cc1. The van der Waals surface area contributed by atoms with E-state index in [1.807, 2.05) is 30.3 Å². The smallest absolute Gasteiger partial charge is 0.119 e. The molecule has 0 fully saturated rings. The van der Waals surface area contributed by atoms with Crippen LogP contribution in [0.3, 0.4) is 0 Å². The van der Waals surface area contributed by atoms with Crippen molar-refractivity contribution in [2.45, 2.75) is 19.9 Å². The normalized spacial score (nSPS) is 12.5. The summed E-state index contributed by atoms with van der Waals surface area (Å²) in [7, 11) is 0. The van der Waals surface area contributed by atoms with E-state index in [4.69, 9.17) is 4.74 Å². The lowest BCUT2D eigenvalue weighted by molar-refractivity contribution is 0.277. The summed E-state index contributed by atoms with van der Waals surface area (Å²) in [5, 5.41) is 3.42. The maximum absolute atomic E-state index is 5.75. The molecule has 21 heavy (non-hydrogen) atoms. The topological polar surface area (TPSA) is 21.3 Å². The van der Waals surface area contributed by atoms with E-state index in [-0.39, 0.29) is 0 Å². The molecule has 0 saturated carbocycles. The molecule has 1 unspecified atom stereocenters. The molecule has 2 aromatic rings. The predicted octanol–water partition coefficient (Wildman–Crippen LogP) is 4.07. The van der Waals surface area contributed by atoms with E-state index in [0.717, 1.165) is 12.3 Å². The van der Waals surface area contributed by atoms with E-state index in [1.54, 1.807) is 0 Å². The van der Waals surface area contributed by atoms with Gasteiger partial charge in [0, 0.05) is 12.6 Å². The van der Waals surface area contributed by atoms with Crippen LogP contribution in [0.5, 0.6) is 5.75 Å². The van der Waals surface area contributed by atoms with Crippen LogP contribution in [-0.2, 0) is 0 Å². The third kappa shape index (κ3) is 5.84. The first kappa shape index (κ1) is 15.3. The predicted molar refractivity (Wildman–Crippen MR) is 89.6 cm³/mol. The molecule has 0 amide bonds. The Bertz CT molecular complexity index is 546. The van der Waals surface area contributed by atoms with Crippen LogP contribution in [0.15, 0.2) is 60.7 Å². The highest BCUT2D eigenvalue weighted by molar-refractivity contribution is 5.48. The lowest BCUT2D eigenvalue weighted by atomic mass is 10.2.